The fourth-order valence-electron chi connectivity index (χ4n) is 3.84. The molecular formula is C20H20N2O4. The molecule has 2 aromatic carbocycles. The number of esters is 1. The van der Waals surface area contributed by atoms with Gasteiger partial charge in [0.15, 0.2) is 0 Å². The highest BCUT2D eigenvalue weighted by Crippen LogP contribution is 2.33. The number of benzene rings is 2. The zero-order valence-corrected chi connectivity index (χ0v) is 14.4. The summed E-state index contributed by atoms with van der Waals surface area (Å²) in [6.45, 7) is -0.376. The predicted octanol–water partition coefficient (Wildman–Crippen LogP) is 3.00. The minimum absolute atomic E-state index is 0.308. The SMILES string of the molecule is O=C(CN1C(=O)NC2(CCCCC2)C1=O)Oc1ccc2ccccc2c1. The van der Waals surface area contributed by atoms with Crippen molar-refractivity contribution >= 4 is 28.7 Å². The minimum atomic E-state index is -0.821. The van der Waals surface area contributed by atoms with Crippen LogP contribution in [0.2, 0.25) is 0 Å². The van der Waals surface area contributed by atoms with E-state index < -0.39 is 17.5 Å². The first-order valence-electron chi connectivity index (χ1n) is 8.91. The number of carbonyl (C=O) groups is 3. The van der Waals surface area contributed by atoms with Crippen LogP contribution in [0.15, 0.2) is 42.5 Å². The van der Waals surface area contributed by atoms with Gasteiger partial charge in [0.2, 0.25) is 0 Å². The molecule has 2 aromatic rings. The molecule has 0 aromatic heterocycles. The van der Waals surface area contributed by atoms with Crippen molar-refractivity contribution in [1.29, 1.82) is 0 Å². The number of amides is 3. The average molecular weight is 352 g/mol. The molecule has 1 aliphatic heterocycles. The van der Waals surface area contributed by atoms with Crippen LogP contribution in [0.3, 0.4) is 0 Å². The predicted molar refractivity (Wildman–Crippen MR) is 95.6 cm³/mol. The number of fused-ring (bicyclic) bond motifs is 1. The van der Waals surface area contributed by atoms with E-state index >= 15 is 0 Å². The van der Waals surface area contributed by atoms with E-state index in [0.29, 0.717) is 18.6 Å². The van der Waals surface area contributed by atoms with E-state index in [-0.39, 0.29) is 12.5 Å². The Morgan fingerprint density at radius 2 is 1.77 bits per heavy atom. The summed E-state index contributed by atoms with van der Waals surface area (Å²) in [5, 5.41) is 4.79. The molecule has 0 bridgehead atoms. The highest BCUT2D eigenvalue weighted by atomic mass is 16.5. The Bertz CT molecular complexity index is 886. The van der Waals surface area contributed by atoms with Crippen molar-refractivity contribution in [2.45, 2.75) is 37.6 Å². The number of hydrogen-bond acceptors (Lipinski definition) is 4. The Morgan fingerprint density at radius 1 is 1.04 bits per heavy atom. The molecule has 4 rings (SSSR count). The van der Waals surface area contributed by atoms with E-state index in [1.165, 1.54) is 0 Å². The maximum absolute atomic E-state index is 12.7. The fraction of sp³-hybridized carbons (Fsp3) is 0.350. The van der Waals surface area contributed by atoms with E-state index in [1.54, 1.807) is 12.1 Å². The van der Waals surface area contributed by atoms with Crippen molar-refractivity contribution in [1.82, 2.24) is 10.2 Å². The van der Waals surface area contributed by atoms with E-state index in [4.69, 9.17) is 4.74 Å². The Morgan fingerprint density at radius 3 is 2.54 bits per heavy atom. The molecule has 2 aliphatic rings. The lowest BCUT2D eigenvalue weighted by Crippen LogP contribution is -2.48. The highest BCUT2D eigenvalue weighted by Gasteiger charge is 2.51. The summed E-state index contributed by atoms with van der Waals surface area (Å²) >= 11 is 0. The number of nitrogens with one attached hydrogen (secondary N) is 1. The topological polar surface area (TPSA) is 75.7 Å². The van der Waals surface area contributed by atoms with Crippen molar-refractivity contribution in [2.24, 2.45) is 0 Å². The summed E-state index contributed by atoms with van der Waals surface area (Å²) in [4.78, 5) is 38.1. The van der Waals surface area contributed by atoms with Crippen molar-refractivity contribution in [3.8, 4) is 5.75 Å². The van der Waals surface area contributed by atoms with Crippen LogP contribution in [0, 0.1) is 0 Å². The third-order valence-electron chi connectivity index (χ3n) is 5.19. The second-order valence-corrected chi connectivity index (χ2v) is 6.95. The van der Waals surface area contributed by atoms with E-state index in [2.05, 4.69) is 5.32 Å². The van der Waals surface area contributed by atoms with Crippen LogP contribution < -0.4 is 10.1 Å². The van der Waals surface area contributed by atoms with Gasteiger partial charge in [0, 0.05) is 0 Å². The summed E-state index contributed by atoms with van der Waals surface area (Å²) in [6, 6.07) is 12.6. The van der Waals surface area contributed by atoms with Gasteiger partial charge in [-0.25, -0.2) is 9.59 Å². The summed E-state index contributed by atoms with van der Waals surface area (Å²) in [6.07, 6.45) is 4.14. The molecule has 1 N–H and O–H groups in total. The van der Waals surface area contributed by atoms with Crippen LogP contribution in [0.1, 0.15) is 32.1 Å². The second-order valence-electron chi connectivity index (χ2n) is 6.95. The van der Waals surface area contributed by atoms with Gasteiger partial charge < -0.3 is 10.1 Å². The molecule has 1 aliphatic carbocycles. The summed E-state index contributed by atoms with van der Waals surface area (Å²) in [5.74, 6) is -0.539. The van der Waals surface area contributed by atoms with Gasteiger partial charge in [0.1, 0.15) is 17.8 Å². The molecule has 0 radical (unpaired) electrons. The van der Waals surface area contributed by atoms with Gasteiger partial charge in [-0.15, -0.1) is 0 Å². The number of urea groups is 1. The average Bonchev–Trinajstić information content (AvgIpc) is 2.86. The maximum atomic E-state index is 12.7. The molecule has 134 valence electrons. The molecule has 3 amide bonds. The van der Waals surface area contributed by atoms with Crippen LogP contribution >= 0.6 is 0 Å². The Balaban J connectivity index is 1.45. The molecule has 0 unspecified atom stereocenters. The van der Waals surface area contributed by atoms with Crippen molar-refractivity contribution in [2.75, 3.05) is 6.54 Å². The number of ether oxygens (including phenoxy) is 1. The van der Waals surface area contributed by atoms with E-state index in [0.717, 1.165) is 34.9 Å². The maximum Gasteiger partial charge on any atom is 0.331 e. The van der Waals surface area contributed by atoms with Crippen LogP contribution in [0.25, 0.3) is 10.8 Å². The second kappa shape index (κ2) is 6.44. The molecule has 1 saturated carbocycles. The summed E-state index contributed by atoms with van der Waals surface area (Å²) in [7, 11) is 0. The Labute approximate surface area is 151 Å². The molecule has 2 fully saturated rings. The lowest BCUT2D eigenvalue weighted by molar-refractivity contribution is -0.141. The number of rotatable bonds is 3. The molecule has 6 heteroatoms. The van der Waals surface area contributed by atoms with Crippen molar-refractivity contribution in [3.63, 3.8) is 0 Å². The Kier molecular flexibility index (Phi) is 4.11. The van der Waals surface area contributed by atoms with Gasteiger partial charge in [0.25, 0.3) is 5.91 Å². The molecule has 26 heavy (non-hydrogen) atoms. The van der Waals surface area contributed by atoms with Gasteiger partial charge in [0.05, 0.1) is 0 Å². The smallest absolute Gasteiger partial charge is 0.331 e. The highest BCUT2D eigenvalue weighted by molar-refractivity contribution is 6.08. The Hall–Kier alpha value is -2.89. The standard InChI is InChI=1S/C20H20N2O4/c23-17(26-16-9-8-14-6-2-3-7-15(14)12-16)13-22-18(24)20(21-19(22)25)10-4-1-5-11-20/h2-3,6-9,12H,1,4-5,10-11,13H2,(H,21,25). The number of imide groups is 1. The van der Waals surface area contributed by atoms with Gasteiger partial charge >= 0.3 is 12.0 Å². The summed E-state index contributed by atoms with van der Waals surface area (Å²) < 4.78 is 5.34. The number of nitrogens with zero attached hydrogens (tertiary/aromatic N) is 1. The van der Waals surface area contributed by atoms with Crippen LogP contribution in [0.4, 0.5) is 4.79 Å². The molecule has 0 atom stereocenters. The first-order valence-corrected chi connectivity index (χ1v) is 8.91. The molecule has 1 spiro atoms. The van der Waals surface area contributed by atoms with Crippen LogP contribution in [-0.4, -0.2) is 34.9 Å². The number of hydrogen-bond donors (Lipinski definition) is 1. The minimum Gasteiger partial charge on any atom is -0.425 e. The normalized spacial score (nSPS) is 19.0. The largest absolute Gasteiger partial charge is 0.425 e. The zero-order valence-electron chi connectivity index (χ0n) is 14.4. The van der Waals surface area contributed by atoms with Crippen molar-refractivity contribution in [3.05, 3.63) is 42.5 Å². The first kappa shape index (κ1) is 16.6. The van der Waals surface area contributed by atoms with Gasteiger partial charge in [-0.1, -0.05) is 49.6 Å². The van der Waals surface area contributed by atoms with E-state index in [9.17, 15) is 14.4 Å². The van der Waals surface area contributed by atoms with Gasteiger partial charge in [-0.2, -0.15) is 0 Å². The van der Waals surface area contributed by atoms with Crippen LogP contribution in [-0.2, 0) is 9.59 Å². The first-order chi connectivity index (χ1) is 12.6. The molecule has 1 heterocycles. The third-order valence-corrected chi connectivity index (χ3v) is 5.19. The zero-order chi connectivity index (χ0) is 18.1. The fourth-order valence-corrected chi connectivity index (χ4v) is 3.84. The number of carbonyl (C=O) groups excluding carboxylic acids is 3. The molecular weight excluding hydrogens is 332 g/mol. The summed E-state index contributed by atoms with van der Waals surface area (Å²) in [5.41, 5.74) is -0.821. The van der Waals surface area contributed by atoms with Crippen molar-refractivity contribution < 1.29 is 19.1 Å². The van der Waals surface area contributed by atoms with E-state index in [1.807, 2.05) is 30.3 Å². The third kappa shape index (κ3) is 2.92. The lowest BCUT2D eigenvalue weighted by atomic mass is 9.82. The monoisotopic (exact) mass is 352 g/mol. The quantitative estimate of drug-likeness (QED) is 0.523. The van der Waals surface area contributed by atoms with Crippen LogP contribution in [0.5, 0.6) is 5.75 Å². The van der Waals surface area contributed by atoms with Gasteiger partial charge in [-0.3, -0.25) is 9.69 Å². The molecule has 1 saturated heterocycles. The van der Waals surface area contributed by atoms with Gasteiger partial charge in [-0.05, 0) is 35.7 Å². The lowest BCUT2D eigenvalue weighted by Gasteiger charge is -2.30. The molecule has 6 nitrogen and oxygen atoms in total.